The molecule has 0 aromatic heterocycles. The zero-order chi connectivity index (χ0) is 11.4. The number of carbonyl (C=O) groups is 1. The number of hydrogen-bond donors (Lipinski definition) is 1. The predicted molar refractivity (Wildman–Crippen MR) is 74.3 cm³/mol. The maximum atomic E-state index is 11.0. The lowest BCUT2D eigenvalue weighted by atomic mass is 9.90. The molecular weight excluding hydrogens is 280 g/mol. The summed E-state index contributed by atoms with van der Waals surface area (Å²) in [5, 5.41) is 0. The highest BCUT2D eigenvalue weighted by Gasteiger charge is 2.20. The zero-order valence-electron chi connectivity index (χ0n) is 9.84. The molecule has 0 atom stereocenters. The smallest absolute Gasteiger partial charge is 0.314 e. The molecule has 1 aliphatic heterocycles. The van der Waals surface area contributed by atoms with Crippen LogP contribution in [0.5, 0.6) is 0 Å². The summed E-state index contributed by atoms with van der Waals surface area (Å²) in [7, 11) is 0. The molecule has 0 radical (unpaired) electrons. The zero-order valence-corrected chi connectivity index (χ0v) is 11.6. The average Bonchev–Trinajstić information content (AvgIpc) is 2.31. The Morgan fingerprint density at radius 1 is 1.24 bits per heavy atom. The van der Waals surface area contributed by atoms with Crippen molar-refractivity contribution in [2.45, 2.75) is 19.3 Å². The average molecular weight is 299 g/mol. The molecule has 1 saturated heterocycles. The molecule has 1 fully saturated rings. The molecule has 94 valence electrons. The minimum Gasteiger partial charge on any atom is -0.351 e. The third-order valence-corrected chi connectivity index (χ3v) is 3.29. The van der Waals surface area contributed by atoms with E-state index >= 15 is 0 Å². The fraction of sp³-hybridized carbons (Fsp3) is 0.462. The number of piperidine rings is 1. The maximum Gasteiger partial charge on any atom is 0.314 e. The van der Waals surface area contributed by atoms with Crippen LogP contribution in [0.3, 0.4) is 0 Å². The maximum absolute atomic E-state index is 11.0. The fourth-order valence-corrected chi connectivity index (χ4v) is 2.30. The summed E-state index contributed by atoms with van der Waals surface area (Å²) >= 11 is 0. The molecule has 0 aliphatic carbocycles. The highest BCUT2D eigenvalue weighted by molar-refractivity contribution is 8.93. The summed E-state index contributed by atoms with van der Waals surface area (Å²) in [5.74, 6) is 0.693. The van der Waals surface area contributed by atoms with E-state index in [1.165, 1.54) is 5.56 Å². The van der Waals surface area contributed by atoms with E-state index in [9.17, 15) is 4.79 Å². The number of carbonyl (C=O) groups excluding carboxylic acids is 1. The molecule has 2 amide bonds. The molecule has 1 heterocycles. The minimum absolute atomic E-state index is 0. The molecule has 0 unspecified atom stereocenters. The molecule has 1 aromatic rings. The van der Waals surface area contributed by atoms with Crippen molar-refractivity contribution in [2.24, 2.45) is 11.7 Å². The van der Waals surface area contributed by atoms with Gasteiger partial charge in [0.2, 0.25) is 0 Å². The number of nitrogens with two attached hydrogens (primary N) is 1. The number of primary amides is 1. The fourth-order valence-electron chi connectivity index (χ4n) is 2.30. The Balaban J connectivity index is 0.00000144. The Hall–Kier alpha value is -1.03. The van der Waals surface area contributed by atoms with Gasteiger partial charge in [0, 0.05) is 13.1 Å². The largest absolute Gasteiger partial charge is 0.351 e. The summed E-state index contributed by atoms with van der Waals surface area (Å²) in [6, 6.07) is 10.3. The molecule has 2 rings (SSSR count). The molecule has 17 heavy (non-hydrogen) atoms. The van der Waals surface area contributed by atoms with Gasteiger partial charge in [0.25, 0.3) is 0 Å². The van der Waals surface area contributed by atoms with Gasteiger partial charge in [0.1, 0.15) is 0 Å². The molecule has 4 heteroatoms. The third-order valence-electron chi connectivity index (χ3n) is 3.29. The second kappa shape index (κ2) is 6.64. The standard InChI is InChI=1S/C13H18N2O.BrH/c14-13(16)15-8-6-12(7-9-15)10-11-4-2-1-3-5-11;/h1-5,12H,6-10H2,(H2,14,16);1H. The lowest BCUT2D eigenvalue weighted by Crippen LogP contribution is -2.41. The first-order valence-electron chi connectivity index (χ1n) is 5.84. The molecule has 2 N–H and O–H groups in total. The van der Waals surface area contributed by atoms with Crippen molar-refractivity contribution in [3.63, 3.8) is 0 Å². The van der Waals surface area contributed by atoms with Crippen molar-refractivity contribution in [3.8, 4) is 0 Å². The van der Waals surface area contributed by atoms with Crippen LogP contribution in [0, 0.1) is 5.92 Å². The van der Waals surface area contributed by atoms with Gasteiger partial charge in [-0.2, -0.15) is 0 Å². The number of nitrogens with zero attached hydrogens (tertiary/aromatic N) is 1. The Bertz CT molecular complexity index is 348. The van der Waals surface area contributed by atoms with Crippen LogP contribution in [0.1, 0.15) is 18.4 Å². The molecule has 0 saturated carbocycles. The lowest BCUT2D eigenvalue weighted by Gasteiger charge is -2.30. The van der Waals surface area contributed by atoms with Crippen LogP contribution < -0.4 is 5.73 Å². The van der Waals surface area contributed by atoms with E-state index in [1.807, 2.05) is 6.07 Å². The van der Waals surface area contributed by atoms with Crippen molar-refractivity contribution in [1.29, 1.82) is 0 Å². The summed E-state index contributed by atoms with van der Waals surface area (Å²) < 4.78 is 0. The van der Waals surface area contributed by atoms with Gasteiger partial charge >= 0.3 is 6.03 Å². The number of benzene rings is 1. The third kappa shape index (κ3) is 4.04. The number of amides is 2. The number of hydrogen-bond acceptors (Lipinski definition) is 1. The highest BCUT2D eigenvalue weighted by atomic mass is 79.9. The first-order chi connectivity index (χ1) is 7.75. The van der Waals surface area contributed by atoms with Gasteiger partial charge in [-0.3, -0.25) is 0 Å². The normalized spacial score (nSPS) is 16.4. The van der Waals surface area contributed by atoms with Crippen LogP contribution >= 0.6 is 17.0 Å². The van der Waals surface area contributed by atoms with Gasteiger partial charge in [0.05, 0.1) is 0 Å². The van der Waals surface area contributed by atoms with Crippen LogP contribution in [0.15, 0.2) is 30.3 Å². The molecule has 3 nitrogen and oxygen atoms in total. The predicted octanol–water partition coefficient (Wildman–Crippen LogP) is 2.60. The molecule has 1 aromatic carbocycles. The second-order valence-corrected chi connectivity index (χ2v) is 4.46. The van der Waals surface area contributed by atoms with Crippen LogP contribution in [-0.4, -0.2) is 24.0 Å². The monoisotopic (exact) mass is 298 g/mol. The first-order valence-corrected chi connectivity index (χ1v) is 5.84. The first kappa shape index (κ1) is 14.0. The van der Waals surface area contributed by atoms with Crippen molar-refractivity contribution in [2.75, 3.05) is 13.1 Å². The Morgan fingerprint density at radius 2 is 1.82 bits per heavy atom. The van der Waals surface area contributed by atoms with E-state index in [4.69, 9.17) is 5.73 Å². The summed E-state index contributed by atoms with van der Waals surface area (Å²) in [6.07, 6.45) is 3.25. The van der Waals surface area contributed by atoms with Gasteiger partial charge in [-0.15, -0.1) is 17.0 Å². The van der Waals surface area contributed by atoms with E-state index in [-0.39, 0.29) is 23.0 Å². The van der Waals surface area contributed by atoms with Gasteiger partial charge in [-0.05, 0) is 30.7 Å². The van der Waals surface area contributed by atoms with Crippen molar-refractivity contribution < 1.29 is 4.79 Å². The van der Waals surface area contributed by atoms with E-state index in [0.717, 1.165) is 32.4 Å². The number of urea groups is 1. The van der Waals surface area contributed by atoms with Crippen molar-refractivity contribution in [1.82, 2.24) is 4.90 Å². The summed E-state index contributed by atoms with van der Waals surface area (Å²) in [6.45, 7) is 1.62. The molecule has 0 spiro atoms. The van der Waals surface area contributed by atoms with Gasteiger partial charge in [-0.1, -0.05) is 30.3 Å². The van der Waals surface area contributed by atoms with E-state index in [0.29, 0.717) is 5.92 Å². The van der Waals surface area contributed by atoms with Gasteiger partial charge < -0.3 is 10.6 Å². The van der Waals surface area contributed by atoms with Crippen molar-refractivity contribution in [3.05, 3.63) is 35.9 Å². The van der Waals surface area contributed by atoms with Crippen LogP contribution in [-0.2, 0) is 6.42 Å². The van der Waals surface area contributed by atoms with Crippen LogP contribution in [0.2, 0.25) is 0 Å². The molecule has 0 bridgehead atoms. The Kier molecular flexibility index (Phi) is 5.48. The highest BCUT2D eigenvalue weighted by Crippen LogP contribution is 2.21. The Labute approximate surface area is 113 Å². The van der Waals surface area contributed by atoms with E-state index < -0.39 is 0 Å². The van der Waals surface area contributed by atoms with Crippen molar-refractivity contribution >= 4 is 23.0 Å². The van der Waals surface area contributed by atoms with Gasteiger partial charge in [0.15, 0.2) is 0 Å². The SMILES string of the molecule is Br.NC(=O)N1CCC(Cc2ccccc2)CC1. The quantitative estimate of drug-likeness (QED) is 0.896. The van der Waals surface area contributed by atoms with E-state index in [2.05, 4.69) is 24.3 Å². The number of likely N-dealkylation sites (tertiary alicyclic amines) is 1. The lowest BCUT2D eigenvalue weighted by molar-refractivity contribution is 0.179. The summed E-state index contributed by atoms with van der Waals surface area (Å²) in [4.78, 5) is 12.7. The molecular formula is C13H19BrN2O. The number of rotatable bonds is 2. The summed E-state index contributed by atoms with van der Waals surface area (Å²) in [5.41, 5.74) is 6.64. The number of halogens is 1. The van der Waals surface area contributed by atoms with Crippen LogP contribution in [0.4, 0.5) is 4.79 Å². The van der Waals surface area contributed by atoms with E-state index in [1.54, 1.807) is 4.90 Å². The van der Waals surface area contributed by atoms with Crippen LogP contribution in [0.25, 0.3) is 0 Å². The minimum atomic E-state index is -0.279. The Morgan fingerprint density at radius 3 is 2.35 bits per heavy atom. The van der Waals surface area contributed by atoms with Gasteiger partial charge in [-0.25, -0.2) is 4.79 Å². The second-order valence-electron chi connectivity index (χ2n) is 4.46. The topological polar surface area (TPSA) is 46.3 Å². The molecule has 1 aliphatic rings.